The summed E-state index contributed by atoms with van der Waals surface area (Å²) in [6, 6.07) is 8.79. The largest absolute Gasteiger partial charge is 0.487 e. The fourth-order valence-corrected chi connectivity index (χ4v) is 3.94. The zero-order chi connectivity index (χ0) is 24.0. The van der Waals surface area contributed by atoms with Crippen molar-refractivity contribution in [2.45, 2.75) is 57.0 Å². The quantitative estimate of drug-likeness (QED) is 0.519. The fourth-order valence-electron chi connectivity index (χ4n) is 3.94. The molecule has 0 saturated carbocycles. The minimum Gasteiger partial charge on any atom is -0.487 e. The smallest absolute Gasteiger partial charge is 0.300 e. The second-order valence-electron chi connectivity index (χ2n) is 8.21. The van der Waals surface area contributed by atoms with Crippen LogP contribution in [-0.2, 0) is 17.6 Å². The molecule has 180 valence electrons. The van der Waals surface area contributed by atoms with Gasteiger partial charge in [0.1, 0.15) is 47.5 Å². The van der Waals surface area contributed by atoms with E-state index in [1.165, 1.54) is 24.3 Å². The van der Waals surface area contributed by atoms with E-state index in [0.717, 1.165) is 18.1 Å². The lowest BCUT2D eigenvalue weighted by Crippen LogP contribution is -2.46. The Labute approximate surface area is 191 Å². The van der Waals surface area contributed by atoms with Gasteiger partial charge in [0.25, 0.3) is 5.97 Å². The molecule has 9 heteroatoms. The predicted octanol–water partition coefficient (Wildman–Crippen LogP) is 2.45. The lowest BCUT2D eigenvalue weighted by molar-refractivity contribution is -0.134. The van der Waals surface area contributed by atoms with E-state index in [9.17, 15) is 19.0 Å². The third-order valence-electron chi connectivity index (χ3n) is 5.56. The number of nitrogens with one attached hydrogen (secondary N) is 1. The van der Waals surface area contributed by atoms with Crippen LogP contribution in [0.1, 0.15) is 30.9 Å². The molecule has 2 aliphatic heterocycles. The number of aryl methyl sites for hydroxylation is 2. The Balaban J connectivity index is 0.000000709. The van der Waals surface area contributed by atoms with Crippen LogP contribution in [0.3, 0.4) is 0 Å². The molecule has 2 heterocycles. The number of hydrogen-bond donors (Lipinski definition) is 4. The van der Waals surface area contributed by atoms with Crippen LogP contribution in [0, 0.1) is 11.6 Å². The molecular formula is C24H29F2NO6. The number of aliphatic carboxylic acids is 1. The maximum atomic E-state index is 13.3. The minimum atomic E-state index is -0.833. The molecule has 0 bridgehead atoms. The first-order chi connectivity index (χ1) is 15.7. The lowest BCUT2D eigenvalue weighted by atomic mass is 9.98. The molecule has 7 nitrogen and oxygen atoms in total. The zero-order valence-electron chi connectivity index (χ0n) is 18.3. The third-order valence-corrected chi connectivity index (χ3v) is 5.56. The molecule has 0 aromatic heterocycles. The van der Waals surface area contributed by atoms with Gasteiger partial charge >= 0.3 is 0 Å². The first-order valence-electron chi connectivity index (χ1n) is 10.9. The molecule has 0 aliphatic carbocycles. The Morgan fingerprint density at radius 2 is 1.33 bits per heavy atom. The van der Waals surface area contributed by atoms with Gasteiger partial charge in [0.05, 0.1) is 0 Å². The first kappa shape index (κ1) is 24.9. The molecule has 33 heavy (non-hydrogen) atoms. The van der Waals surface area contributed by atoms with Crippen molar-refractivity contribution >= 4 is 5.97 Å². The maximum absolute atomic E-state index is 13.3. The third kappa shape index (κ3) is 7.12. The number of rotatable bonds is 6. The number of fused-ring (bicyclic) bond motifs is 2. The van der Waals surface area contributed by atoms with E-state index in [1.807, 2.05) is 0 Å². The summed E-state index contributed by atoms with van der Waals surface area (Å²) in [4.78, 5) is 9.00. The van der Waals surface area contributed by atoms with Crippen molar-refractivity contribution in [3.05, 3.63) is 59.2 Å². The van der Waals surface area contributed by atoms with Crippen molar-refractivity contribution in [2.24, 2.45) is 0 Å². The summed E-state index contributed by atoms with van der Waals surface area (Å²) in [5, 5.41) is 31.3. The molecule has 0 fully saturated rings. The van der Waals surface area contributed by atoms with E-state index in [0.29, 0.717) is 37.2 Å². The molecule has 0 spiro atoms. The van der Waals surface area contributed by atoms with Gasteiger partial charge in [0, 0.05) is 20.0 Å². The second-order valence-corrected chi connectivity index (χ2v) is 8.21. The normalized spacial score (nSPS) is 20.6. The van der Waals surface area contributed by atoms with E-state index in [-0.39, 0.29) is 36.9 Å². The molecule has 2 aromatic carbocycles. The van der Waals surface area contributed by atoms with Crippen molar-refractivity contribution in [3.63, 3.8) is 0 Å². The summed E-state index contributed by atoms with van der Waals surface area (Å²) in [6.45, 7) is 1.60. The van der Waals surface area contributed by atoms with Gasteiger partial charge in [-0.05, 0) is 73.2 Å². The van der Waals surface area contributed by atoms with Crippen LogP contribution in [0.5, 0.6) is 11.5 Å². The Kier molecular flexibility index (Phi) is 8.60. The summed E-state index contributed by atoms with van der Waals surface area (Å²) < 4.78 is 38.2. The van der Waals surface area contributed by atoms with E-state index in [4.69, 9.17) is 19.4 Å². The monoisotopic (exact) mass is 465 g/mol. The summed E-state index contributed by atoms with van der Waals surface area (Å²) in [6.07, 6.45) is 0.214. The Morgan fingerprint density at radius 1 is 0.939 bits per heavy atom. The molecule has 2 aromatic rings. The van der Waals surface area contributed by atoms with Crippen molar-refractivity contribution in [3.8, 4) is 11.5 Å². The predicted molar refractivity (Wildman–Crippen MR) is 116 cm³/mol. The highest BCUT2D eigenvalue weighted by Gasteiger charge is 2.29. The van der Waals surface area contributed by atoms with Crippen LogP contribution in [0.25, 0.3) is 0 Å². The molecule has 0 amide bonds. The van der Waals surface area contributed by atoms with Crippen LogP contribution >= 0.6 is 0 Å². The SMILES string of the molecule is CC(=O)O.O[C@H](CNC[C@@H](O)[C@H]1CCc2cc(F)ccc2O1)[C@@H]1CCc2cc(F)ccc2O1. The van der Waals surface area contributed by atoms with E-state index in [2.05, 4.69) is 5.32 Å². The van der Waals surface area contributed by atoms with Gasteiger partial charge in [-0.3, -0.25) is 4.79 Å². The summed E-state index contributed by atoms with van der Waals surface area (Å²) in [5.74, 6) is -0.209. The second kappa shape index (κ2) is 11.4. The number of benzene rings is 2. The van der Waals surface area contributed by atoms with Crippen LogP contribution in [0.2, 0.25) is 0 Å². The average Bonchev–Trinajstić information content (AvgIpc) is 2.77. The van der Waals surface area contributed by atoms with Crippen LogP contribution in [-0.4, -0.2) is 58.8 Å². The topological polar surface area (TPSA) is 108 Å². The lowest BCUT2D eigenvalue weighted by Gasteiger charge is -2.31. The number of aliphatic hydroxyl groups is 2. The zero-order valence-corrected chi connectivity index (χ0v) is 18.3. The van der Waals surface area contributed by atoms with Gasteiger partial charge in [0.2, 0.25) is 0 Å². The fraction of sp³-hybridized carbons (Fsp3) is 0.458. The van der Waals surface area contributed by atoms with Gasteiger partial charge in [-0.15, -0.1) is 0 Å². The van der Waals surface area contributed by atoms with Crippen LogP contribution in [0.15, 0.2) is 36.4 Å². The summed E-state index contributed by atoms with van der Waals surface area (Å²) in [7, 11) is 0. The molecule has 4 rings (SSSR count). The highest BCUT2D eigenvalue weighted by atomic mass is 19.1. The summed E-state index contributed by atoms with van der Waals surface area (Å²) in [5.41, 5.74) is 1.62. The molecule has 2 aliphatic rings. The molecule has 4 N–H and O–H groups in total. The van der Waals surface area contributed by atoms with E-state index < -0.39 is 18.2 Å². The van der Waals surface area contributed by atoms with Crippen molar-refractivity contribution in [1.29, 1.82) is 0 Å². The molecule has 0 saturated heterocycles. The Bertz CT molecular complexity index is 883. The van der Waals surface area contributed by atoms with Gasteiger partial charge in [-0.1, -0.05) is 0 Å². The number of carbonyl (C=O) groups is 1. The standard InChI is InChI=1S/C22H25F2NO4.C2H4O2/c23-15-3-7-19-13(9-15)1-5-21(28-19)17(26)11-25-12-18(27)22-6-2-14-10-16(24)4-8-20(14)29-22;1-2(3)4/h3-4,7-10,17-18,21-22,25-27H,1-2,5-6,11-12H2;1H3,(H,3,4)/t17-,18-,21-,22+;/m1./s1. The Hall–Kier alpha value is -2.75. The number of carboxylic acid groups (broad SMARTS) is 1. The van der Waals surface area contributed by atoms with Gasteiger partial charge < -0.3 is 30.1 Å². The van der Waals surface area contributed by atoms with E-state index >= 15 is 0 Å². The number of halogens is 2. The number of aliphatic hydroxyl groups excluding tert-OH is 2. The molecular weight excluding hydrogens is 436 g/mol. The van der Waals surface area contributed by atoms with Crippen LogP contribution < -0.4 is 14.8 Å². The van der Waals surface area contributed by atoms with Gasteiger partial charge in [0.15, 0.2) is 0 Å². The highest BCUT2D eigenvalue weighted by molar-refractivity contribution is 5.62. The molecule has 0 unspecified atom stereocenters. The minimum absolute atomic E-state index is 0.257. The Morgan fingerprint density at radius 3 is 1.73 bits per heavy atom. The first-order valence-corrected chi connectivity index (χ1v) is 10.9. The van der Waals surface area contributed by atoms with Gasteiger partial charge in [-0.25, -0.2) is 8.78 Å². The number of carboxylic acids is 1. The van der Waals surface area contributed by atoms with Crippen molar-refractivity contribution in [1.82, 2.24) is 5.32 Å². The molecule has 0 radical (unpaired) electrons. The highest BCUT2D eigenvalue weighted by Crippen LogP contribution is 2.30. The van der Waals surface area contributed by atoms with Gasteiger partial charge in [-0.2, -0.15) is 0 Å². The van der Waals surface area contributed by atoms with Crippen molar-refractivity contribution in [2.75, 3.05) is 13.1 Å². The van der Waals surface area contributed by atoms with Crippen LogP contribution in [0.4, 0.5) is 8.78 Å². The van der Waals surface area contributed by atoms with E-state index in [1.54, 1.807) is 12.1 Å². The average molecular weight is 465 g/mol. The maximum Gasteiger partial charge on any atom is 0.300 e. The number of ether oxygens (including phenoxy) is 2. The molecule has 4 atom stereocenters. The summed E-state index contributed by atoms with van der Waals surface area (Å²) >= 11 is 0. The number of hydrogen-bond acceptors (Lipinski definition) is 6. The van der Waals surface area contributed by atoms with Crippen molar-refractivity contribution < 1.29 is 38.4 Å².